The molecule has 262 valence electrons. The minimum absolute atomic E-state index is 0.137. The minimum atomic E-state index is -0.428. The van der Waals surface area contributed by atoms with Crippen LogP contribution in [0.2, 0.25) is 0 Å². The van der Waals surface area contributed by atoms with E-state index in [4.69, 9.17) is 15.2 Å². The molecule has 3 aliphatic rings. The largest absolute Gasteiger partial charge is 0.444 e. The van der Waals surface area contributed by atoms with Crippen LogP contribution < -0.4 is 11.1 Å². The van der Waals surface area contributed by atoms with Crippen LogP contribution in [0.15, 0.2) is 73.2 Å². The first-order valence-electron chi connectivity index (χ1n) is 16.5. The Kier molecular flexibility index (Phi) is 14.7. The highest BCUT2D eigenvalue weighted by Crippen LogP contribution is 2.22. The number of hydrogen-bond acceptors (Lipinski definition) is 9. The Labute approximate surface area is 284 Å². The van der Waals surface area contributed by atoms with Crippen molar-refractivity contribution in [3.8, 4) is 0 Å². The van der Waals surface area contributed by atoms with Gasteiger partial charge in [0.05, 0.1) is 0 Å². The van der Waals surface area contributed by atoms with Crippen molar-refractivity contribution in [3.63, 3.8) is 0 Å². The van der Waals surface area contributed by atoms with E-state index < -0.39 is 17.1 Å². The van der Waals surface area contributed by atoms with E-state index in [1.165, 1.54) is 18.0 Å². The first kappa shape index (κ1) is 38.3. The molecule has 0 aliphatic carbocycles. The smallest absolute Gasteiger partial charge is 0.410 e. The predicted molar refractivity (Wildman–Crippen MR) is 184 cm³/mol. The zero-order valence-corrected chi connectivity index (χ0v) is 29.1. The lowest BCUT2D eigenvalue weighted by molar-refractivity contribution is -0.00108. The first-order chi connectivity index (χ1) is 22.7. The molecule has 3 saturated heterocycles. The van der Waals surface area contributed by atoms with E-state index in [0.29, 0.717) is 19.0 Å². The van der Waals surface area contributed by atoms with Crippen LogP contribution in [0.4, 0.5) is 14.0 Å². The van der Waals surface area contributed by atoms with Crippen LogP contribution in [0.1, 0.15) is 52.9 Å². The first-order valence-corrected chi connectivity index (χ1v) is 16.5. The van der Waals surface area contributed by atoms with Gasteiger partial charge in [0.1, 0.15) is 11.2 Å². The summed E-state index contributed by atoms with van der Waals surface area (Å²) in [6.45, 7) is 16.3. The predicted octanol–water partition coefficient (Wildman–Crippen LogP) is 5.12. The topological polar surface area (TPSA) is 136 Å². The van der Waals surface area contributed by atoms with Crippen molar-refractivity contribution in [1.29, 1.82) is 0 Å². The van der Waals surface area contributed by atoms with Gasteiger partial charge in [-0.1, -0.05) is 18.2 Å². The second-order valence-electron chi connectivity index (χ2n) is 14.1. The Bertz CT molecular complexity index is 1360. The summed E-state index contributed by atoms with van der Waals surface area (Å²) in [5.74, 6) is 0.903. The van der Waals surface area contributed by atoms with Crippen molar-refractivity contribution >= 4 is 12.2 Å². The van der Waals surface area contributed by atoms with Gasteiger partial charge in [0.25, 0.3) is 0 Å². The van der Waals surface area contributed by atoms with Crippen LogP contribution >= 0.6 is 0 Å². The molecule has 0 aromatic carbocycles. The molecule has 2 amide bonds. The number of carbonyl (C=O) groups excluding carboxylic acids is 2. The number of nitrogens with one attached hydrogen (secondary N) is 1. The average molecular weight is 666 g/mol. The van der Waals surface area contributed by atoms with E-state index in [2.05, 4.69) is 32.4 Å². The summed E-state index contributed by atoms with van der Waals surface area (Å²) in [6, 6.07) is 16.7. The fourth-order valence-electron chi connectivity index (χ4n) is 4.63. The van der Waals surface area contributed by atoms with E-state index in [1.807, 2.05) is 72.0 Å². The lowest BCUT2D eigenvalue weighted by Crippen LogP contribution is -2.58. The molecule has 0 unspecified atom stereocenters. The summed E-state index contributed by atoms with van der Waals surface area (Å²) in [5, 5.41) is 3.25. The van der Waals surface area contributed by atoms with Gasteiger partial charge in [-0.3, -0.25) is 9.97 Å². The maximum Gasteiger partial charge on any atom is 0.410 e. The van der Waals surface area contributed by atoms with Crippen LogP contribution in [0, 0.1) is 17.8 Å². The maximum absolute atomic E-state index is 11.8. The van der Waals surface area contributed by atoms with Gasteiger partial charge in [0, 0.05) is 62.2 Å². The summed E-state index contributed by atoms with van der Waals surface area (Å²) < 4.78 is 22.2. The second-order valence-corrected chi connectivity index (χ2v) is 14.1. The van der Waals surface area contributed by atoms with Gasteiger partial charge < -0.3 is 30.3 Å². The molecule has 11 nitrogen and oxygen atoms in total. The molecule has 3 aromatic heterocycles. The minimum Gasteiger partial charge on any atom is -0.444 e. The van der Waals surface area contributed by atoms with E-state index in [-0.39, 0.29) is 18.2 Å². The molecule has 48 heavy (non-hydrogen) atoms. The Hall–Kier alpha value is -4.16. The zero-order chi connectivity index (χ0) is 35.2. The van der Waals surface area contributed by atoms with Crippen molar-refractivity contribution in [2.24, 2.45) is 17.6 Å². The van der Waals surface area contributed by atoms with Crippen molar-refractivity contribution in [2.75, 3.05) is 39.3 Å². The van der Waals surface area contributed by atoms with E-state index >= 15 is 0 Å². The zero-order valence-electron chi connectivity index (χ0n) is 29.1. The molecule has 3 aliphatic heterocycles. The number of aromatic nitrogens is 3. The fraction of sp³-hybridized carbons (Fsp3) is 0.528. The Morgan fingerprint density at radius 1 is 0.729 bits per heavy atom. The summed E-state index contributed by atoms with van der Waals surface area (Å²) in [4.78, 5) is 38.2. The Balaban J connectivity index is 0.000000183. The van der Waals surface area contributed by atoms with Gasteiger partial charge in [0.15, 0.2) is 0 Å². The van der Waals surface area contributed by atoms with Crippen molar-refractivity contribution < 1.29 is 23.5 Å². The molecule has 0 saturated carbocycles. The number of likely N-dealkylation sites (tertiary alicyclic amines) is 2. The number of ether oxygens (including phenoxy) is 2. The van der Waals surface area contributed by atoms with E-state index in [0.717, 1.165) is 50.6 Å². The van der Waals surface area contributed by atoms with Gasteiger partial charge in [-0.2, -0.15) is 4.39 Å². The molecule has 3 fully saturated rings. The molecule has 0 atom stereocenters. The molecule has 3 aromatic rings. The molecule has 3 N–H and O–H groups in total. The van der Waals surface area contributed by atoms with Gasteiger partial charge in [-0.15, -0.1) is 0 Å². The third-order valence-electron chi connectivity index (χ3n) is 7.11. The number of amides is 2. The molecule has 0 radical (unpaired) electrons. The van der Waals surface area contributed by atoms with Crippen molar-refractivity contribution in [1.82, 2.24) is 30.1 Å². The lowest BCUT2D eigenvalue weighted by Gasteiger charge is -2.39. The van der Waals surface area contributed by atoms with Crippen molar-refractivity contribution in [2.45, 2.75) is 71.6 Å². The molecule has 12 heteroatoms. The van der Waals surface area contributed by atoms with Crippen LogP contribution in [-0.2, 0) is 22.3 Å². The van der Waals surface area contributed by atoms with Gasteiger partial charge in [-0.25, -0.2) is 14.6 Å². The van der Waals surface area contributed by atoms with Crippen LogP contribution in [-0.4, -0.2) is 93.5 Å². The number of pyridine rings is 3. The molecular weight excluding hydrogens is 613 g/mol. The summed E-state index contributed by atoms with van der Waals surface area (Å²) in [5.41, 5.74) is 7.01. The Morgan fingerprint density at radius 2 is 1.17 bits per heavy atom. The average Bonchev–Trinajstić information content (AvgIpc) is 2.96. The van der Waals surface area contributed by atoms with Gasteiger partial charge >= 0.3 is 12.2 Å². The van der Waals surface area contributed by atoms with Crippen LogP contribution in [0.3, 0.4) is 0 Å². The molecule has 0 bridgehead atoms. The normalized spacial score (nSPS) is 16.2. The number of rotatable bonds is 4. The lowest BCUT2D eigenvalue weighted by atomic mass is 9.95. The van der Waals surface area contributed by atoms with E-state index in [9.17, 15) is 14.0 Å². The van der Waals surface area contributed by atoms with Crippen LogP contribution in [0.25, 0.3) is 0 Å². The molecule has 6 heterocycles. The third kappa shape index (κ3) is 15.2. The quantitative estimate of drug-likeness (QED) is 0.364. The monoisotopic (exact) mass is 665 g/mol. The van der Waals surface area contributed by atoms with E-state index in [1.54, 1.807) is 28.1 Å². The molecule has 0 spiro atoms. The standard InChI is InChI=1S/C14H20N2O2.C9H12N2.C8H16N2O2.C5H4FN/c1-14(2,3)18-13(17)16-9-11(10-16)8-12-6-4-5-7-15-12;1-2-4-11-9(3-1)5-8-6-10-7-8;1-8(2,3)12-7(11)10-4-6(9)5-10;6-5-3-1-2-4-7-5/h4-7,11H,8-10H2,1-3H3;1-4,8,10H,5-7H2;6H,4-5,9H2,1-3H3;1-4H. The number of nitrogens with zero attached hydrogens (tertiary/aromatic N) is 5. The number of carbonyl (C=O) groups is 2. The van der Waals surface area contributed by atoms with Crippen molar-refractivity contribution in [3.05, 3.63) is 90.5 Å². The van der Waals surface area contributed by atoms with Crippen LogP contribution in [0.5, 0.6) is 0 Å². The number of hydrogen-bond donors (Lipinski definition) is 2. The summed E-state index contributed by atoms with van der Waals surface area (Å²) in [6.07, 6.45) is 6.67. The SMILES string of the molecule is CC(C)(C)OC(=O)N1CC(Cc2ccccn2)C1.CC(C)(C)OC(=O)N1CC(N)C1.Fc1ccccn1.c1ccc(CC2CNC2)nc1. The number of halogens is 1. The fourth-order valence-corrected chi connectivity index (χ4v) is 4.63. The Morgan fingerprint density at radius 3 is 1.48 bits per heavy atom. The summed E-state index contributed by atoms with van der Waals surface area (Å²) >= 11 is 0. The maximum atomic E-state index is 11.8. The number of nitrogens with two attached hydrogens (primary N) is 1. The highest BCUT2D eigenvalue weighted by atomic mass is 19.1. The highest BCUT2D eigenvalue weighted by Gasteiger charge is 2.34. The summed E-state index contributed by atoms with van der Waals surface area (Å²) in [7, 11) is 0. The molecule has 6 rings (SSSR count). The second kappa shape index (κ2) is 18.4. The molecular formula is C36H52FN7O4. The third-order valence-corrected chi connectivity index (χ3v) is 7.11. The highest BCUT2D eigenvalue weighted by molar-refractivity contribution is 5.69. The van der Waals surface area contributed by atoms with Gasteiger partial charge in [0.2, 0.25) is 5.95 Å². The van der Waals surface area contributed by atoms with Gasteiger partial charge in [-0.05, 0) is 116 Å².